The van der Waals surface area contributed by atoms with Crippen molar-refractivity contribution in [2.24, 2.45) is 5.73 Å². The summed E-state index contributed by atoms with van der Waals surface area (Å²) in [6, 6.07) is 22.6. The van der Waals surface area contributed by atoms with Crippen molar-refractivity contribution in [3.63, 3.8) is 0 Å². The topological polar surface area (TPSA) is 38.0 Å². The fourth-order valence-electron chi connectivity index (χ4n) is 2.49. The molecule has 0 heterocycles. The summed E-state index contributed by atoms with van der Waals surface area (Å²) in [7, 11) is 0. The number of hydrogen-bond donors (Lipinski definition) is 2. The van der Waals surface area contributed by atoms with Gasteiger partial charge in [0.05, 0.1) is 0 Å². The van der Waals surface area contributed by atoms with Crippen molar-refractivity contribution in [2.75, 3.05) is 5.32 Å². The van der Waals surface area contributed by atoms with Gasteiger partial charge in [-0.25, -0.2) is 0 Å². The van der Waals surface area contributed by atoms with E-state index in [1.54, 1.807) is 0 Å². The Morgan fingerprint density at radius 2 is 1.62 bits per heavy atom. The van der Waals surface area contributed by atoms with Gasteiger partial charge in [0, 0.05) is 17.8 Å². The predicted molar refractivity (Wildman–Crippen MR) is 93.6 cm³/mol. The molecule has 3 rings (SSSR count). The standard InChI is InChI=1S/C18H16N2S/c19-18(21)16-10-3-4-11-17(16)20-12-14-8-5-7-13-6-1-2-9-15(13)14/h1-11,20H,12H2,(H2,19,21). The predicted octanol–water partition coefficient (Wildman–Crippen LogP) is 4.09. The smallest absolute Gasteiger partial charge is 0.106 e. The molecule has 0 saturated carbocycles. The quantitative estimate of drug-likeness (QED) is 0.711. The van der Waals surface area contributed by atoms with Crippen LogP contribution in [0.4, 0.5) is 5.69 Å². The summed E-state index contributed by atoms with van der Waals surface area (Å²) >= 11 is 5.10. The van der Waals surface area contributed by atoms with Gasteiger partial charge in [-0.15, -0.1) is 0 Å². The van der Waals surface area contributed by atoms with Crippen molar-refractivity contribution in [2.45, 2.75) is 6.54 Å². The van der Waals surface area contributed by atoms with Crippen molar-refractivity contribution in [3.05, 3.63) is 77.9 Å². The van der Waals surface area contributed by atoms with Gasteiger partial charge in [-0.1, -0.05) is 66.8 Å². The van der Waals surface area contributed by atoms with Crippen LogP contribution in [0.25, 0.3) is 10.8 Å². The van der Waals surface area contributed by atoms with Gasteiger partial charge >= 0.3 is 0 Å². The highest BCUT2D eigenvalue weighted by Gasteiger charge is 2.05. The number of rotatable bonds is 4. The Balaban J connectivity index is 1.89. The molecule has 0 spiro atoms. The second-order valence-corrected chi connectivity index (χ2v) is 5.34. The first-order valence-corrected chi connectivity index (χ1v) is 7.26. The second-order valence-electron chi connectivity index (χ2n) is 4.90. The highest BCUT2D eigenvalue weighted by atomic mass is 32.1. The van der Waals surface area contributed by atoms with Crippen LogP contribution in [0, 0.1) is 0 Å². The summed E-state index contributed by atoms with van der Waals surface area (Å²) < 4.78 is 0. The maximum Gasteiger partial charge on any atom is 0.106 e. The Bertz CT molecular complexity index is 791. The molecule has 3 N–H and O–H groups in total. The number of nitrogens with one attached hydrogen (secondary N) is 1. The van der Waals surface area contributed by atoms with E-state index in [2.05, 4.69) is 47.8 Å². The Morgan fingerprint density at radius 3 is 2.48 bits per heavy atom. The number of para-hydroxylation sites is 1. The molecule has 0 radical (unpaired) electrons. The first-order chi connectivity index (χ1) is 10.3. The minimum Gasteiger partial charge on any atom is -0.389 e. The average molecular weight is 292 g/mol. The summed E-state index contributed by atoms with van der Waals surface area (Å²) in [5, 5.41) is 5.95. The molecule has 0 aromatic heterocycles. The van der Waals surface area contributed by atoms with Gasteiger partial charge in [0.1, 0.15) is 4.99 Å². The van der Waals surface area contributed by atoms with Crippen LogP contribution in [0.1, 0.15) is 11.1 Å². The minimum atomic E-state index is 0.413. The summed E-state index contributed by atoms with van der Waals surface area (Å²) in [5.74, 6) is 0. The van der Waals surface area contributed by atoms with Crippen LogP contribution in [0.2, 0.25) is 0 Å². The first-order valence-electron chi connectivity index (χ1n) is 6.85. The van der Waals surface area contributed by atoms with E-state index < -0.39 is 0 Å². The van der Waals surface area contributed by atoms with Crippen molar-refractivity contribution in [1.82, 2.24) is 0 Å². The fraction of sp³-hybridized carbons (Fsp3) is 0.0556. The molecule has 0 amide bonds. The van der Waals surface area contributed by atoms with Gasteiger partial charge < -0.3 is 11.1 Å². The lowest BCUT2D eigenvalue weighted by Crippen LogP contribution is -2.13. The zero-order chi connectivity index (χ0) is 14.7. The summed E-state index contributed by atoms with van der Waals surface area (Å²) in [6.07, 6.45) is 0. The molecule has 0 unspecified atom stereocenters. The van der Waals surface area contributed by atoms with E-state index in [1.165, 1.54) is 16.3 Å². The zero-order valence-electron chi connectivity index (χ0n) is 11.5. The Morgan fingerprint density at radius 1 is 0.905 bits per heavy atom. The molecule has 3 heteroatoms. The molecule has 21 heavy (non-hydrogen) atoms. The van der Waals surface area contributed by atoms with Crippen LogP contribution >= 0.6 is 12.2 Å². The Hall–Kier alpha value is -2.39. The summed E-state index contributed by atoms with van der Waals surface area (Å²) in [5.41, 5.74) is 8.87. The average Bonchev–Trinajstić information content (AvgIpc) is 2.53. The summed E-state index contributed by atoms with van der Waals surface area (Å²) in [4.78, 5) is 0.413. The maximum atomic E-state index is 5.77. The van der Waals surface area contributed by atoms with E-state index in [9.17, 15) is 0 Å². The van der Waals surface area contributed by atoms with E-state index in [1.807, 2.05) is 24.3 Å². The van der Waals surface area contributed by atoms with Crippen LogP contribution in [0.15, 0.2) is 66.7 Å². The van der Waals surface area contributed by atoms with E-state index in [0.717, 1.165) is 17.8 Å². The minimum absolute atomic E-state index is 0.413. The number of benzene rings is 3. The monoisotopic (exact) mass is 292 g/mol. The van der Waals surface area contributed by atoms with Crippen LogP contribution in [-0.2, 0) is 6.54 Å². The van der Waals surface area contributed by atoms with Gasteiger partial charge in [-0.2, -0.15) is 0 Å². The van der Waals surface area contributed by atoms with Crippen molar-refractivity contribution in [3.8, 4) is 0 Å². The molecule has 2 nitrogen and oxygen atoms in total. The highest BCUT2D eigenvalue weighted by molar-refractivity contribution is 7.80. The van der Waals surface area contributed by atoms with Gasteiger partial charge in [-0.3, -0.25) is 0 Å². The van der Waals surface area contributed by atoms with Crippen LogP contribution in [0.5, 0.6) is 0 Å². The molecule has 0 aliphatic rings. The van der Waals surface area contributed by atoms with E-state index in [0.29, 0.717) is 4.99 Å². The lowest BCUT2D eigenvalue weighted by Gasteiger charge is -2.12. The molecular formula is C18H16N2S. The molecular weight excluding hydrogens is 276 g/mol. The molecule has 3 aromatic carbocycles. The van der Waals surface area contributed by atoms with Crippen LogP contribution in [0.3, 0.4) is 0 Å². The third-order valence-corrected chi connectivity index (χ3v) is 3.76. The van der Waals surface area contributed by atoms with E-state index in [-0.39, 0.29) is 0 Å². The number of anilines is 1. The molecule has 3 aromatic rings. The lowest BCUT2D eigenvalue weighted by molar-refractivity contribution is 1.17. The maximum absolute atomic E-state index is 5.77. The van der Waals surface area contributed by atoms with E-state index >= 15 is 0 Å². The molecule has 0 fully saturated rings. The third-order valence-electron chi connectivity index (χ3n) is 3.54. The highest BCUT2D eigenvalue weighted by Crippen LogP contribution is 2.21. The third kappa shape index (κ3) is 2.88. The molecule has 0 saturated heterocycles. The number of hydrogen-bond acceptors (Lipinski definition) is 2. The second kappa shape index (κ2) is 5.94. The zero-order valence-corrected chi connectivity index (χ0v) is 12.4. The largest absolute Gasteiger partial charge is 0.389 e. The SMILES string of the molecule is NC(=S)c1ccccc1NCc1cccc2ccccc12. The Labute approximate surface area is 129 Å². The summed E-state index contributed by atoms with van der Waals surface area (Å²) in [6.45, 7) is 0.737. The molecule has 0 atom stereocenters. The van der Waals surface area contributed by atoms with Crippen molar-refractivity contribution < 1.29 is 0 Å². The van der Waals surface area contributed by atoms with Crippen LogP contribution < -0.4 is 11.1 Å². The lowest BCUT2D eigenvalue weighted by atomic mass is 10.0. The number of nitrogens with two attached hydrogens (primary N) is 1. The van der Waals surface area contributed by atoms with Gasteiger partial charge in [0.2, 0.25) is 0 Å². The molecule has 0 aliphatic heterocycles. The fourth-order valence-corrected chi connectivity index (χ4v) is 2.67. The van der Waals surface area contributed by atoms with Crippen LogP contribution in [-0.4, -0.2) is 4.99 Å². The Kier molecular flexibility index (Phi) is 3.84. The molecule has 0 aliphatic carbocycles. The van der Waals surface area contributed by atoms with E-state index in [4.69, 9.17) is 18.0 Å². The molecule has 0 bridgehead atoms. The van der Waals surface area contributed by atoms with Gasteiger partial charge in [0.25, 0.3) is 0 Å². The number of fused-ring (bicyclic) bond motifs is 1. The normalized spacial score (nSPS) is 10.5. The van der Waals surface area contributed by atoms with Gasteiger partial charge in [0.15, 0.2) is 0 Å². The molecule has 104 valence electrons. The number of thiocarbonyl (C=S) groups is 1. The van der Waals surface area contributed by atoms with Gasteiger partial charge in [-0.05, 0) is 28.5 Å². The van der Waals surface area contributed by atoms with Crippen molar-refractivity contribution >= 4 is 33.7 Å². The van der Waals surface area contributed by atoms with Crippen molar-refractivity contribution in [1.29, 1.82) is 0 Å². The first kappa shape index (κ1) is 13.6.